The molecule has 0 aliphatic rings. The van der Waals surface area contributed by atoms with Crippen LogP contribution in [-0.2, 0) is 0 Å². The standard InChI is InChI=1S/C9H9NO4/c1-2-5-14-10-6-7(9(12)13)3-4-8(10)11/h2-4,6H,1,5H2,(H,12,13). The van der Waals surface area contributed by atoms with Crippen molar-refractivity contribution in [3.63, 3.8) is 0 Å². The fraction of sp³-hybridized carbons (Fsp3) is 0.111. The van der Waals surface area contributed by atoms with Crippen LogP contribution in [-0.4, -0.2) is 22.4 Å². The van der Waals surface area contributed by atoms with Gasteiger partial charge in [-0.25, -0.2) is 4.79 Å². The summed E-state index contributed by atoms with van der Waals surface area (Å²) >= 11 is 0. The van der Waals surface area contributed by atoms with E-state index in [-0.39, 0.29) is 12.2 Å². The first kappa shape index (κ1) is 10.0. The van der Waals surface area contributed by atoms with E-state index >= 15 is 0 Å². The zero-order chi connectivity index (χ0) is 10.6. The molecule has 0 fully saturated rings. The summed E-state index contributed by atoms with van der Waals surface area (Å²) in [6.07, 6.45) is 2.58. The Kier molecular flexibility index (Phi) is 3.06. The summed E-state index contributed by atoms with van der Waals surface area (Å²) < 4.78 is 0.866. The van der Waals surface area contributed by atoms with Crippen LogP contribution in [0.4, 0.5) is 0 Å². The third-order valence-electron chi connectivity index (χ3n) is 1.46. The molecule has 5 nitrogen and oxygen atoms in total. The van der Waals surface area contributed by atoms with Gasteiger partial charge < -0.3 is 9.94 Å². The van der Waals surface area contributed by atoms with Crippen molar-refractivity contribution in [3.8, 4) is 0 Å². The third kappa shape index (κ3) is 2.22. The number of carboxylic acid groups (broad SMARTS) is 1. The van der Waals surface area contributed by atoms with Crippen LogP contribution >= 0.6 is 0 Å². The molecule has 0 radical (unpaired) electrons. The van der Waals surface area contributed by atoms with Crippen molar-refractivity contribution >= 4 is 5.97 Å². The summed E-state index contributed by atoms with van der Waals surface area (Å²) in [5, 5.41) is 8.63. The van der Waals surface area contributed by atoms with Gasteiger partial charge in [-0.3, -0.25) is 4.79 Å². The maximum Gasteiger partial charge on any atom is 0.337 e. The number of hydrogen-bond acceptors (Lipinski definition) is 3. The molecule has 5 heteroatoms. The highest BCUT2D eigenvalue weighted by molar-refractivity contribution is 5.87. The van der Waals surface area contributed by atoms with E-state index in [1.165, 1.54) is 12.1 Å². The average Bonchev–Trinajstić information content (AvgIpc) is 2.16. The average molecular weight is 195 g/mol. The van der Waals surface area contributed by atoms with Gasteiger partial charge in [0.15, 0.2) is 0 Å². The smallest absolute Gasteiger partial charge is 0.337 e. The van der Waals surface area contributed by atoms with Gasteiger partial charge >= 0.3 is 5.97 Å². The SMILES string of the molecule is C=CCOn1cc(C(=O)O)ccc1=O. The summed E-state index contributed by atoms with van der Waals surface area (Å²) in [5.41, 5.74) is -0.425. The number of carboxylic acids is 1. The van der Waals surface area contributed by atoms with Crippen molar-refractivity contribution in [1.29, 1.82) is 0 Å². The van der Waals surface area contributed by atoms with Crippen molar-refractivity contribution < 1.29 is 14.7 Å². The van der Waals surface area contributed by atoms with Gasteiger partial charge in [0.05, 0.1) is 11.8 Å². The van der Waals surface area contributed by atoms with Crippen molar-refractivity contribution in [3.05, 3.63) is 46.9 Å². The Bertz CT molecular complexity index is 408. The summed E-state index contributed by atoms with van der Waals surface area (Å²) in [7, 11) is 0. The van der Waals surface area contributed by atoms with E-state index < -0.39 is 11.5 Å². The number of pyridine rings is 1. The van der Waals surface area contributed by atoms with Gasteiger partial charge in [0.1, 0.15) is 6.61 Å². The van der Waals surface area contributed by atoms with Gasteiger partial charge in [-0.2, -0.15) is 4.73 Å². The monoisotopic (exact) mass is 195 g/mol. The Morgan fingerprint density at radius 1 is 1.64 bits per heavy atom. The van der Waals surface area contributed by atoms with Crippen LogP contribution in [0, 0.1) is 0 Å². The second kappa shape index (κ2) is 4.27. The minimum absolute atomic E-state index is 0.00587. The van der Waals surface area contributed by atoms with E-state index in [9.17, 15) is 9.59 Å². The second-order valence-electron chi connectivity index (χ2n) is 2.47. The molecule has 0 unspecified atom stereocenters. The predicted octanol–water partition coefficient (Wildman–Crippen LogP) is 0.161. The first-order valence-corrected chi connectivity index (χ1v) is 3.85. The van der Waals surface area contributed by atoms with Gasteiger partial charge in [-0.15, -0.1) is 0 Å². The maximum atomic E-state index is 11.1. The topological polar surface area (TPSA) is 68.5 Å². The highest BCUT2D eigenvalue weighted by atomic mass is 16.7. The molecule has 0 aliphatic carbocycles. The van der Waals surface area contributed by atoms with E-state index in [1.807, 2.05) is 0 Å². The lowest BCUT2D eigenvalue weighted by Crippen LogP contribution is -2.26. The molecule has 0 amide bonds. The minimum Gasteiger partial charge on any atom is -0.478 e. The summed E-state index contributed by atoms with van der Waals surface area (Å²) in [6.45, 7) is 3.55. The molecule has 74 valence electrons. The highest BCUT2D eigenvalue weighted by Crippen LogP contribution is 1.93. The Morgan fingerprint density at radius 2 is 2.36 bits per heavy atom. The molecule has 1 aromatic heterocycles. The maximum absolute atomic E-state index is 11.1. The Hall–Kier alpha value is -2.04. The van der Waals surface area contributed by atoms with Gasteiger partial charge in [-0.05, 0) is 6.07 Å². The molecule has 0 spiro atoms. The van der Waals surface area contributed by atoms with Crippen LogP contribution in [0.3, 0.4) is 0 Å². The zero-order valence-corrected chi connectivity index (χ0v) is 7.34. The van der Waals surface area contributed by atoms with Crippen molar-refractivity contribution in [2.45, 2.75) is 0 Å². The quantitative estimate of drug-likeness (QED) is 0.695. The van der Waals surface area contributed by atoms with E-state index in [2.05, 4.69) is 6.58 Å². The van der Waals surface area contributed by atoms with Gasteiger partial charge in [-0.1, -0.05) is 12.7 Å². The number of aromatic nitrogens is 1. The second-order valence-corrected chi connectivity index (χ2v) is 2.47. The molecular weight excluding hydrogens is 186 g/mol. The predicted molar refractivity (Wildman–Crippen MR) is 49.3 cm³/mol. The first-order valence-electron chi connectivity index (χ1n) is 3.85. The largest absolute Gasteiger partial charge is 0.478 e. The van der Waals surface area contributed by atoms with E-state index in [0.717, 1.165) is 17.0 Å². The van der Waals surface area contributed by atoms with Crippen LogP contribution in [0.5, 0.6) is 0 Å². The molecule has 1 aromatic rings. The lowest BCUT2D eigenvalue weighted by Gasteiger charge is -2.05. The molecule has 14 heavy (non-hydrogen) atoms. The number of rotatable bonds is 4. The minimum atomic E-state index is -1.11. The molecule has 0 saturated carbocycles. The summed E-state index contributed by atoms with van der Waals surface area (Å²) in [5.74, 6) is -1.11. The number of carbonyl (C=O) groups is 1. The number of nitrogens with zero attached hydrogens (tertiary/aromatic N) is 1. The van der Waals surface area contributed by atoms with E-state index in [0.29, 0.717) is 0 Å². The molecule has 0 aliphatic heterocycles. The van der Waals surface area contributed by atoms with Crippen molar-refractivity contribution in [2.24, 2.45) is 0 Å². The Balaban J connectivity index is 3.02. The third-order valence-corrected chi connectivity index (χ3v) is 1.46. The normalized spacial score (nSPS) is 9.43. The number of aromatic carboxylic acids is 1. The summed E-state index contributed by atoms with van der Waals surface area (Å²) in [6, 6.07) is 2.35. The highest BCUT2D eigenvalue weighted by Gasteiger charge is 2.04. The van der Waals surface area contributed by atoms with Crippen LogP contribution in [0.25, 0.3) is 0 Å². The van der Waals surface area contributed by atoms with Crippen LogP contribution in [0.1, 0.15) is 10.4 Å². The molecule has 1 rings (SSSR count). The molecule has 1 N–H and O–H groups in total. The molecule has 1 heterocycles. The summed E-state index contributed by atoms with van der Waals surface area (Å²) in [4.78, 5) is 26.6. The van der Waals surface area contributed by atoms with Gasteiger partial charge in [0, 0.05) is 6.07 Å². The van der Waals surface area contributed by atoms with Crippen molar-refractivity contribution in [2.75, 3.05) is 6.61 Å². The zero-order valence-electron chi connectivity index (χ0n) is 7.34. The molecule has 0 saturated heterocycles. The molecule has 0 bridgehead atoms. The lowest BCUT2D eigenvalue weighted by molar-refractivity contribution is 0.0687. The Labute approximate surface area is 79.8 Å². The molecule has 0 atom stereocenters. The number of hydrogen-bond donors (Lipinski definition) is 1. The van der Waals surface area contributed by atoms with Gasteiger partial charge in [0.2, 0.25) is 0 Å². The lowest BCUT2D eigenvalue weighted by atomic mass is 10.3. The van der Waals surface area contributed by atoms with Crippen LogP contribution in [0.15, 0.2) is 35.8 Å². The molecule has 0 aromatic carbocycles. The van der Waals surface area contributed by atoms with E-state index in [4.69, 9.17) is 9.94 Å². The van der Waals surface area contributed by atoms with Crippen molar-refractivity contribution in [1.82, 2.24) is 4.73 Å². The fourth-order valence-electron chi connectivity index (χ4n) is 0.828. The van der Waals surface area contributed by atoms with E-state index in [1.54, 1.807) is 0 Å². The fourth-order valence-corrected chi connectivity index (χ4v) is 0.828. The van der Waals surface area contributed by atoms with Crippen LogP contribution < -0.4 is 10.4 Å². The molecular formula is C9H9NO4. The first-order chi connectivity index (χ1) is 6.65. The Morgan fingerprint density at radius 3 is 2.93 bits per heavy atom. The van der Waals surface area contributed by atoms with Gasteiger partial charge in [0.25, 0.3) is 5.56 Å². The van der Waals surface area contributed by atoms with Crippen LogP contribution in [0.2, 0.25) is 0 Å².